The zero-order chi connectivity index (χ0) is 14.2. The molecule has 1 amide bonds. The van der Waals surface area contributed by atoms with E-state index in [0.29, 0.717) is 5.92 Å². The van der Waals surface area contributed by atoms with E-state index in [9.17, 15) is 4.79 Å². The Labute approximate surface area is 137 Å². The zero-order valence-electron chi connectivity index (χ0n) is 12.5. The van der Waals surface area contributed by atoms with Gasteiger partial charge in [0.25, 0.3) is 5.91 Å². The number of likely N-dealkylation sites (tertiary alicyclic amines) is 1. The lowest BCUT2D eigenvalue weighted by Crippen LogP contribution is -2.43. The van der Waals surface area contributed by atoms with Crippen molar-refractivity contribution in [3.63, 3.8) is 0 Å². The lowest BCUT2D eigenvalue weighted by Gasteiger charge is -2.34. The molecule has 2 aliphatic heterocycles. The number of amides is 1. The van der Waals surface area contributed by atoms with Crippen molar-refractivity contribution in [1.82, 2.24) is 10.2 Å². The van der Waals surface area contributed by atoms with Crippen molar-refractivity contribution < 1.29 is 4.79 Å². The first-order valence-corrected chi connectivity index (χ1v) is 7.80. The summed E-state index contributed by atoms with van der Waals surface area (Å²) in [5.41, 5.74) is 0.818. The summed E-state index contributed by atoms with van der Waals surface area (Å²) in [6, 6.07) is 14.2. The highest BCUT2D eigenvalue weighted by molar-refractivity contribution is 5.98. The number of fused-ring (bicyclic) bond motifs is 2. The number of benzene rings is 2. The molecule has 2 unspecified atom stereocenters. The monoisotopic (exact) mass is 316 g/mol. The standard InChI is InChI=1S/C18H20N2O.ClH/c21-18(20-8-7-16-10-19-11-17(16)12-20)15-6-5-13-3-1-2-4-14(13)9-15;/h1-6,9,16-17,19H,7-8,10-12H2;1H. The lowest BCUT2D eigenvalue weighted by molar-refractivity contribution is 0.0642. The van der Waals surface area contributed by atoms with Crippen LogP contribution in [0.5, 0.6) is 0 Å². The van der Waals surface area contributed by atoms with Crippen LogP contribution >= 0.6 is 12.4 Å². The van der Waals surface area contributed by atoms with Crippen molar-refractivity contribution >= 4 is 29.1 Å². The lowest BCUT2D eigenvalue weighted by atomic mass is 9.88. The molecule has 116 valence electrons. The predicted molar refractivity (Wildman–Crippen MR) is 91.6 cm³/mol. The Kier molecular flexibility index (Phi) is 4.37. The molecular formula is C18H21ClN2O. The fourth-order valence-electron chi connectivity index (χ4n) is 3.72. The quantitative estimate of drug-likeness (QED) is 0.877. The molecule has 2 aromatic carbocycles. The number of piperidine rings is 1. The van der Waals surface area contributed by atoms with Crippen LogP contribution in [0.1, 0.15) is 16.8 Å². The van der Waals surface area contributed by atoms with E-state index >= 15 is 0 Å². The maximum Gasteiger partial charge on any atom is 0.253 e. The third-order valence-electron chi connectivity index (χ3n) is 4.99. The van der Waals surface area contributed by atoms with E-state index in [1.807, 2.05) is 35.2 Å². The minimum Gasteiger partial charge on any atom is -0.338 e. The van der Waals surface area contributed by atoms with Gasteiger partial charge in [-0.05, 0) is 54.3 Å². The Morgan fingerprint density at radius 1 is 1.05 bits per heavy atom. The second-order valence-corrected chi connectivity index (χ2v) is 6.28. The average Bonchev–Trinajstić information content (AvgIpc) is 3.01. The summed E-state index contributed by atoms with van der Waals surface area (Å²) in [4.78, 5) is 14.8. The van der Waals surface area contributed by atoms with Crippen LogP contribution in [0.4, 0.5) is 0 Å². The zero-order valence-corrected chi connectivity index (χ0v) is 13.3. The number of nitrogens with one attached hydrogen (secondary N) is 1. The van der Waals surface area contributed by atoms with Crippen molar-refractivity contribution in [1.29, 1.82) is 0 Å². The normalized spacial score (nSPS) is 23.9. The molecule has 2 aromatic rings. The van der Waals surface area contributed by atoms with Gasteiger partial charge in [-0.3, -0.25) is 4.79 Å². The van der Waals surface area contributed by atoms with E-state index in [1.165, 1.54) is 5.39 Å². The number of nitrogens with zero attached hydrogens (tertiary/aromatic N) is 1. The van der Waals surface area contributed by atoms with Gasteiger partial charge in [-0.2, -0.15) is 0 Å². The second kappa shape index (κ2) is 6.27. The second-order valence-electron chi connectivity index (χ2n) is 6.28. The summed E-state index contributed by atoms with van der Waals surface area (Å²) < 4.78 is 0. The Morgan fingerprint density at radius 2 is 1.82 bits per heavy atom. The molecule has 2 aliphatic rings. The van der Waals surface area contributed by atoms with Gasteiger partial charge in [-0.15, -0.1) is 12.4 Å². The van der Waals surface area contributed by atoms with Gasteiger partial charge in [0, 0.05) is 18.7 Å². The van der Waals surface area contributed by atoms with Crippen LogP contribution in [-0.2, 0) is 0 Å². The fourth-order valence-corrected chi connectivity index (χ4v) is 3.72. The number of halogens is 1. The van der Waals surface area contributed by atoms with E-state index in [0.717, 1.165) is 49.5 Å². The minimum atomic E-state index is 0. The topological polar surface area (TPSA) is 32.3 Å². The van der Waals surface area contributed by atoms with Gasteiger partial charge >= 0.3 is 0 Å². The van der Waals surface area contributed by atoms with Gasteiger partial charge < -0.3 is 10.2 Å². The van der Waals surface area contributed by atoms with Gasteiger partial charge in [0.05, 0.1) is 0 Å². The van der Waals surface area contributed by atoms with Crippen LogP contribution in [-0.4, -0.2) is 37.0 Å². The maximum absolute atomic E-state index is 12.7. The van der Waals surface area contributed by atoms with Crippen LogP contribution in [0, 0.1) is 11.8 Å². The number of hydrogen-bond donors (Lipinski definition) is 1. The number of carbonyl (C=O) groups is 1. The van der Waals surface area contributed by atoms with Gasteiger partial charge in [0.2, 0.25) is 0 Å². The summed E-state index contributed by atoms with van der Waals surface area (Å²) in [6.07, 6.45) is 1.14. The van der Waals surface area contributed by atoms with Crippen LogP contribution in [0.2, 0.25) is 0 Å². The number of rotatable bonds is 1. The molecule has 0 radical (unpaired) electrons. The molecule has 22 heavy (non-hydrogen) atoms. The first-order valence-electron chi connectivity index (χ1n) is 7.80. The van der Waals surface area contributed by atoms with Crippen LogP contribution in [0.3, 0.4) is 0 Å². The summed E-state index contributed by atoms with van der Waals surface area (Å²) in [5, 5.41) is 5.78. The van der Waals surface area contributed by atoms with Gasteiger partial charge in [0.15, 0.2) is 0 Å². The first-order chi connectivity index (χ1) is 10.3. The van der Waals surface area contributed by atoms with E-state index < -0.39 is 0 Å². The predicted octanol–water partition coefficient (Wildman–Crippen LogP) is 2.94. The first kappa shape index (κ1) is 15.3. The molecule has 2 atom stereocenters. The maximum atomic E-state index is 12.7. The van der Waals surface area contributed by atoms with Crippen molar-refractivity contribution in [2.24, 2.45) is 11.8 Å². The average molecular weight is 317 g/mol. The van der Waals surface area contributed by atoms with Crippen molar-refractivity contribution in [3.05, 3.63) is 48.0 Å². The Balaban J connectivity index is 0.00000144. The summed E-state index contributed by atoms with van der Waals surface area (Å²) >= 11 is 0. The molecular weight excluding hydrogens is 296 g/mol. The smallest absolute Gasteiger partial charge is 0.253 e. The third kappa shape index (κ3) is 2.71. The van der Waals surface area contributed by atoms with E-state index in [1.54, 1.807) is 0 Å². The largest absolute Gasteiger partial charge is 0.338 e. The van der Waals surface area contributed by atoms with Gasteiger partial charge in [-0.25, -0.2) is 0 Å². The van der Waals surface area contributed by atoms with E-state index in [4.69, 9.17) is 0 Å². The highest BCUT2D eigenvalue weighted by Crippen LogP contribution is 2.27. The molecule has 0 spiro atoms. The van der Waals surface area contributed by atoms with E-state index in [-0.39, 0.29) is 18.3 Å². The SMILES string of the molecule is Cl.O=C(c1ccc2ccccc2c1)N1CCC2CNCC2C1. The van der Waals surface area contributed by atoms with E-state index in [2.05, 4.69) is 17.4 Å². The van der Waals surface area contributed by atoms with Crippen molar-refractivity contribution in [3.8, 4) is 0 Å². The molecule has 0 aromatic heterocycles. The summed E-state index contributed by atoms with van der Waals surface area (Å²) in [5.74, 6) is 1.60. The molecule has 4 heteroatoms. The molecule has 4 rings (SSSR count). The molecule has 1 N–H and O–H groups in total. The molecule has 2 heterocycles. The van der Waals surface area contributed by atoms with Crippen molar-refractivity contribution in [2.45, 2.75) is 6.42 Å². The van der Waals surface area contributed by atoms with Crippen molar-refractivity contribution in [2.75, 3.05) is 26.2 Å². The van der Waals surface area contributed by atoms with Gasteiger partial charge in [-0.1, -0.05) is 30.3 Å². The molecule has 0 aliphatic carbocycles. The van der Waals surface area contributed by atoms with Crippen LogP contribution < -0.4 is 5.32 Å². The molecule has 2 saturated heterocycles. The molecule has 2 fully saturated rings. The number of carbonyl (C=O) groups excluding carboxylic acids is 1. The third-order valence-corrected chi connectivity index (χ3v) is 4.99. The highest BCUT2D eigenvalue weighted by Gasteiger charge is 2.34. The molecule has 0 saturated carbocycles. The Hall–Kier alpha value is -1.58. The van der Waals surface area contributed by atoms with Gasteiger partial charge in [0.1, 0.15) is 0 Å². The Morgan fingerprint density at radius 3 is 2.68 bits per heavy atom. The minimum absolute atomic E-state index is 0. The van der Waals surface area contributed by atoms with Crippen LogP contribution in [0.25, 0.3) is 10.8 Å². The molecule has 3 nitrogen and oxygen atoms in total. The summed E-state index contributed by atoms with van der Waals surface area (Å²) in [7, 11) is 0. The highest BCUT2D eigenvalue weighted by atomic mass is 35.5. The molecule has 0 bridgehead atoms. The van der Waals surface area contributed by atoms with Crippen LogP contribution in [0.15, 0.2) is 42.5 Å². The Bertz CT molecular complexity index is 688. The summed E-state index contributed by atoms with van der Waals surface area (Å²) in [6.45, 7) is 3.99. The fraction of sp³-hybridized carbons (Fsp3) is 0.389. The number of hydrogen-bond acceptors (Lipinski definition) is 2.